The largest absolute Gasteiger partial charge is 0.508 e. The minimum absolute atomic E-state index is 0.0487. The maximum Gasteiger partial charge on any atom is 0.226 e. The second-order valence-electron chi connectivity index (χ2n) is 3.97. The Kier molecular flexibility index (Phi) is 5.91. The standard InChI is InChI=1S/C13H19NO2S/c1-14(8-5-9-17-2)13(16)10-11-6-3-4-7-12(11)15/h3-4,6-7,15H,5,8-10H2,1-2H3. The van der Waals surface area contributed by atoms with E-state index in [4.69, 9.17) is 0 Å². The molecular weight excluding hydrogens is 234 g/mol. The number of carbonyl (C=O) groups is 1. The molecule has 0 aromatic heterocycles. The Labute approximate surface area is 107 Å². The summed E-state index contributed by atoms with van der Waals surface area (Å²) in [5.41, 5.74) is 0.689. The SMILES string of the molecule is CSCCCN(C)C(=O)Cc1ccccc1O. The highest BCUT2D eigenvalue weighted by Gasteiger charge is 2.11. The smallest absolute Gasteiger partial charge is 0.226 e. The number of aromatic hydroxyl groups is 1. The molecule has 0 saturated carbocycles. The van der Waals surface area contributed by atoms with Gasteiger partial charge < -0.3 is 10.0 Å². The number of phenolic OH excluding ortho intramolecular Hbond substituents is 1. The van der Waals surface area contributed by atoms with Crippen LogP contribution in [0.5, 0.6) is 5.75 Å². The van der Waals surface area contributed by atoms with Gasteiger partial charge in [-0.3, -0.25) is 4.79 Å². The molecule has 3 nitrogen and oxygen atoms in total. The molecule has 94 valence electrons. The van der Waals surface area contributed by atoms with Gasteiger partial charge in [0.25, 0.3) is 0 Å². The molecule has 1 aromatic carbocycles. The van der Waals surface area contributed by atoms with E-state index in [0.717, 1.165) is 18.7 Å². The number of thioether (sulfide) groups is 1. The van der Waals surface area contributed by atoms with E-state index in [0.29, 0.717) is 5.56 Å². The van der Waals surface area contributed by atoms with Crippen molar-refractivity contribution in [1.29, 1.82) is 0 Å². The monoisotopic (exact) mass is 253 g/mol. The molecule has 1 N–H and O–H groups in total. The first-order chi connectivity index (χ1) is 8.15. The molecule has 4 heteroatoms. The lowest BCUT2D eigenvalue weighted by atomic mass is 10.1. The molecule has 1 rings (SSSR count). The summed E-state index contributed by atoms with van der Waals surface area (Å²) in [5.74, 6) is 1.31. The molecular formula is C13H19NO2S. The van der Waals surface area contributed by atoms with Crippen LogP contribution in [0.2, 0.25) is 0 Å². The summed E-state index contributed by atoms with van der Waals surface area (Å²) in [6.07, 6.45) is 3.33. The van der Waals surface area contributed by atoms with Crippen molar-refractivity contribution in [2.75, 3.05) is 25.6 Å². The summed E-state index contributed by atoms with van der Waals surface area (Å²) >= 11 is 1.78. The van der Waals surface area contributed by atoms with Gasteiger partial charge in [-0.15, -0.1) is 0 Å². The predicted octanol–water partition coefficient (Wildman–Crippen LogP) is 2.15. The zero-order chi connectivity index (χ0) is 12.7. The Hall–Kier alpha value is -1.16. The van der Waals surface area contributed by atoms with E-state index in [-0.39, 0.29) is 18.1 Å². The summed E-state index contributed by atoms with van der Waals surface area (Å²) in [7, 11) is 1.81. The van der Waals surface area contributed by atoms with Gasteiger partial charge in [-0.1, -0.05) is 18.2 Å². The quantitative estimate of drug-likeness (QED) is 0.790. The van der Waals surface area contributed by atoms with Crippen molar-refractivity contribution in [2.24, 2.45) is 0 Å². The van der Waals surface area contributed by atoms with Gasteiger partial charge >= 0.3 is 0 Å². The van der Waals surface area contributed by atoms with Crippen molar-refractivity contribution in [3.8, 4) is 5.75 Å². The van der Waals surface area contributed by atoms with Crippen molar-refractivity contribution in [3.63, 3.8) is 0 Å². The second kappa shape index (κ2) is 7.22. The average Bonchev–Trinajstić information content (AvgIpc) is 2.32. The number of benzene rings is 1. The molecule has 0 aliphatic carbocycles. The average molecular weight is 253 g/mol. The van der Waals surface area contributed by atoms with Crippen molar-refractivity contribution in [3.05, 3.63) is 29.8 Å². The van der Waals surface area contributed by atoms with Crippen LogP contribution in [0.4, 0.5) is 0 Å². The molecule has 0 fully saturated rings. The second-order valence-corrected chi connectivity index (χ2v) is 4.95. The fourth-order valence-corrected chi connectivity index (χ4v) is 1.95. The van der Waals surface area contributed by atoms with Gasteiger partial charge in [-0.25, -0.2) is 0 Å². The Bertz CT molecular complexity index is 368. The van der Waals surface area contributed by atoms with Crippen LogP contribution in [0.3, 0.4) is 0 Å². The third-order valence-corrected chi connectivity index (χ3v) is 3.30. The molecule has 0 heterocycles. The lowest BCUT2D eigenvalue weighted by molar-refractivity contribution is -0.129. The number of amides is 1. The summed E-state index contributed by atoms with van der Waals surface area (Å²) in [6.45, 7) is 0.771. The topological polar surface area (TPSA) is 40.5 Å². The van der Waals surface area contributed by atoms with Crippen LogP contribution in [-0.2, 0) is 11.2 Å². The van der Waals surface area contributed by atoms with Gasteiger partial charge in [-0.05, 0) is 24.5 Å². The minimum Gasteiger partial charge on any atom is -0.508 e. The summed E-state index contributed by atoms with van der Waals surface area (Å²) in [4.78, 5) is 13.6. The number of rotatable bonds is 6. The van der Waals surface area contributed by atoms with E-state index < -0.39 is 0 Å². The van der Waals surface area contributed by atoms with Crippen LogP contribution in [0, 0.1) is 0 Å². The Balaban J connectivity index is 2.46. The number of nitrogens with zero attached hydrogens (tertiary/aromatic N) is 1. The van der Waals surface area contributed by atoms with Crippen molar-refractivity contribution in [1.82, 2.24) is 4.90 Å². The number of hydrogen-bond acceptors (Lipinski definition) is 3. The van der Waals surface area contributed by atoms with Gasteiger partial charge in [0, 0.05) is 19.2 Å². The van der Waals surface area contributed by atoms with E-state index >= 15 is 0 Å². The van der Waals surface area contributed by atoms with Crippen molar-refractivity contribution >= 4 is 17.7 Å². The Morgan fingerprint density at radius 1 is 1.41 bits per heavy atom. The van der Waals surface area contributed by atoms with Crippen LogP contribution in [0.1, 0.15) is 12.0 Å². The molecule has 0 bridgehead atoms. The van der Waals surface area contributed by atoms with E-state index in [1.807, 2.05) is 13.1 Å². The maximum absolute atomic E-state index is 11.9. The third kappa shape index (κ3) is 4.69. The van der Waals surface area contributed by atoms with E-state index in [9.17, 15) is 9.90 Å². The zero-order valence-corrected chi connectivity index (χ0v) is 11.2. The molecule has 1 amide bonds. The van der Waals surface area contributed by atoms with Crippen molar-refractivity contribution in [2.45, 2.75) is 12.8 Å². The van der Waals surface area contributed by atoms with Crippen LogP contribution in [0.15, 0.2) is 24.3 Å². The first-order valence-corrected chi connectivity index (χ1v) is 7.04. The molecule has 0 unspecified atom stereocenters. The number of phenols is 1. The Morgan fingerprint density at radius 2 is 2.12 bits per heavy atom. The highest BCUT2D eigenvalue weighted by atomic mass is 32.2. The molecule has 17 heavy (non-hydrogen) atoms. The molecule has 0 aliphatic rings. The molecule has 0 spiro atoms. The lowest BCUT2D eigenvalue weighted by Crippen LogP contribution is -2.29. The fraction of sp³-hybridized carbons (Fsp3) is 0.462. The third-order valence-electron chi connectivity index (χ3n) is 2.60. The highest BCUT2D eigenvalue weighted by Crippen LogP contribution is 2.16. The van der Waals surface area contributed by atoms with Gasteiger partial charge in [0.05, 0.1) is 6.42 Å². The highest BCUT2D eigenvalue weighted by molar-refractivity contribution is 7.98. The maximum atomic E-state index is 11.9. The summed E-state index contributed by atoms with van der Waals surface area (Å²) < 4.78 is 0. The molecule has 0 radical (unpaired) electrons. The van der Waals surface area contributed by atoms with E-state index in [1.54, 1.807) is 34.9 Å². The number of para-hydroxylation sites is 1. The predicted molar refractivity (Wildman–Crippen MR) is 72.4 cm³/mol. The van der Waals surface area contributed by atoms with Crippen LogP contribution >= 0.6 is 11.8 Å². The lowest BCUT2D eigenvalue weighted by Gasteiger charge is -2.17. The van der Waals surface area contributed by atoms with Gasteiger partial charge in [-0.2, -0.15) is 11.8 Å². The van der Waals surface area contributed by atoms with Crippen LogP contribution < -0.4 is 0 Å². The molecule has 0 aliphatic heterocycles. The zero-order valence-electron chi connectivity index (χ0n) is 10.3. The first kappa shape index (κ1) is 13.9. The first-order valence-electron chi connectivity index (χ1n) is 5.65. The number of carbonyl (C=O) groups excluding carboxylic acids is 1. The van der Waals surface area contributed by atoms with E-state index in [2.05, 4.69) is 6.26 Å². The number of hydrogen-bond donors (Lipinski definition) is 1. The molecule has 0 saturated heterocycles. The normalized spacial score (nSPS) is 10.2. The van der Waals surface area contributed by atoms with Crippen molar-refractivity contribution < 1.29 is 9.90 Å². The van der Waals surface area contributed by atoms with Gasteiger partial charge in [0.2, 0.25) is 5.91 Å². The molecule has 1 aromatic rings. The Morgan fingerprint density at radius 3 is 2.76 bits per heavy atom. The molecule has 0 atom stereocenters. The van der Waals surface area contributed by atoms with Crippen LogP contribution in [-0.4, -0.2) is 41.5 Å². The van der Waals surface area contributed by atoms with Crippen LogP contribution in [0.25, 0.3) is 0 Å². The number of likely N-dealkylation sites (N-methyl/N-ethyl adjacent to an activating group) is 1. The van der Waals surface area contributed by atoms with Gasteiger partial charge in [0.1, 0.15) is 5.75 Å². The van der Waals surface area contributed by atoms with E-state index in [1.165, 1.54) is 0 Å². The summed E-state index contributed by atoms with van der Waals surface area (Å²) in [6, 6.07) is 6.97. The summed E-state index contributed by atoms with van der Waals surface area (Å²) in [5, 5.41) is 9.58. The fourth-order valence-electron chi connectivity index (χ4n) is 1.53. The van der Waals surface area contributed by atoms with Gasteiger partial charge in [0.15, 0.2) is 0 Å². The minimum atomic E-state index is 0.0487.